The Morgan fingerprint density at radius 1 is 1.45 bits per heavy atom. The maximum Gasteiger partial charge on any atom is 0.323 e. The predicted octanol–water partition coefficient (Wildman–Crippen LogP) is 1.24. The second-order valence-corrected chi connectivity index (χ2v) is 6.55. The molecule has 1 rings (SSSR count). The Morgan fingerprint density at radius 2 is 2.05 bits per heavy atom. The van der Waals surface area contributed by atoms with Crippen LogP contribution < -0.4 is 5.32 Å². The van der Waals surface area contributed by atoms with Gasteiger partial charge in [0, 0.05) is 25.2 Å². The molecule has 2 unspecified atom stereocenters. The van der Waals surface area contributed by atoms with Crippen molar-refractivity contribution in [3.8, 4) is 0 Å². The SMILES string of the molecule is CCN(CCC(C)(NC1CC1)C(=O)O)C(C)CN(C)C. The van der Waals surface area contributed by atoms with Gasteiger partial charge in [0.1, 0.15) is 5.54 Å². The average Bonchev–Trinajstić information content (AvgIpc) is 3.12. The number of likely N-dealkylation sites (N-methyl/N-ethyl adjacent to an activating group) is 2. The van der Waals surface area contributed by atoms with Gasteiger partial charge >= 0.3 is 5.97 Å². The van der Waals surface area contributed by atoms with Crippen molar-refractivity contribution in [2.45, 2.75) is 57.7 Å². The van der Waals surface area contributed by atoms with Crippen LogP contribution in [0.15, 0.2) is 0 Å². The maximum atomic E-state index is 11.5. The molecule has 20 heavy (non-hydrogen) atoms. The molecule has 0 amide bonds. The number of nitrogens with zero attached hydrogens (tertiary/aromatic N) is 2. The molecule has 1 fully saturated rings. The standard InChI is InChI=1S/C15H31N3O2/c1-6-18(12(2)11-17(4)5)10-9-15(3,14(19)20)16-13-7-8-13/h12-13,16H,6-11H2,1-5H3,(H,19,20). The fraction of sp³-hybridized carbons (Fsp3) is 0.933. The van der Waals surface area contributed by atoms with Crippen molar-refractivity contribution in [3.05, 3.63) is 0 Å². The summed E-state index contributed by atoms with van der Waals surface area (Å²) < 4.78 is 0. The number of carboxylic acid groups (broad SMARTS) is 1. The molecule has 0 heterocycles. The molecule has 0 saturated heterocycles. The molecular weight excluding hydrogens is 254 g/mol. The first-order chi connectivity index (χ1) is 9.28. The first-order valence-electron chi connectivity index (χ1n) is 7.68. The van der Waals surface area contributed by atoms with Gasteiger partial charge in [0.15, 0.2) is 0 Å². The van der Waals surface area contributed by atoms with Gasteiger partial charge in [-0.25, -0.2) is 0 Å². The number of rotatable bonds is 10. The van der Waals surface area contributed by atoms with E-state index in [-0.39, 0.29) is 0 Å². The third-order valence-corrected chi connectivity index (χ3v) is 4.13. The number of carboxylic acids is 1. The van der Waals surface area contributed by atoms with Gasteiger partial charge in [-0.2, -0.15) is 0 Å². The van der Waals surface area contributed by atoms with Crippen LogP contribution >= 0.6 is 0 Å². The van der Waals surface area contributed by atoms with Gasteiger partial charge in [-0.3, -0.25) is 15.0 Å². The van der Waals surface area contributed by atoms with Crippen molar-refractivity contribution in [1.82, 2.24) is 15.1 Å². The van der Waals surface area contributed by atoms with Gasteiger partial charge in [-0.15, -0.1) is 0 Å². The summed E-state index contributed by atoms with van der Waals surface area (Å²) in [5.41, 5.74) is -0.799. The minimum absolute atomic E-state index is 0.408. The molecule has 1 saturated carbocycles. The van der Waals surface area contributed by atoms with E-state index in [2.05, 4.69) is 43.1 Å². The van der Waals surface area contributed by atoms with Crippen molar-refractivity contribution in [2.75, 3.05) is 33.7 Å². The van der Waals surface area contributed by atoms with Crippen LogP contribution in [0.3, 0.4) is 0 Å². The minimum Gasteiger partial charge on any atom is -0.480 e. The summed E-state index contributed by atoms with van der Waals surface area (Å²) in [4.78, 5) is 16.1. The molecule has 0 aromatic rings. The number of hydrogen-bond acceptors (Lipinski definition) is 4. The summed E-state index contributed by atoms with van der Waals surface area (Å²) in [6.45, 7) is 8.92. The molecule has 5 nitrogen and oxygen atoms in total. The molecule has 0 aliphatic heterocycles. The zero-order valence-electron chi connectivity index (χ0n) is 13.6. The van der Waals surface area contributed by atoms with Crippen molar-refractivity contribution < 1.29 is 9.90 Å². The largest absolute Gasteiger partial charge is 0.480 e. The average molecular weight is 285 g/mol. The molecule has 0 aromatic carbocycles. The summed E-state index contributed by atoms with van der Waals surface area (Å²) in [6.07, 6.45) is 2.86. The van der Waals surface area contributed by atoms with Crippen LogP contribution in [-0.2, 0) is 4.79 Å². The zero-order valence-corrected chi connectivity index (χ0v) is 13.6. The third kappa shape index (κ3) is 5.38. The molecule has 2 atom stereocenters. The first kappa shape index (κ1) is 17.4. The van der Waals surface area contributed by atoms with E-state index in [0.717, 1.165) is 32.5 Å². The van der Waals surface area contributed by atoms with Crippen LogP contribution in [0.5, 0.6) is 0 Å². The molecule has 118 valence electrons. The van der Waals surface area contributed by atoms with Gasteiger partial charge in [0.05, 0.1) is 0 Å². The summed E-state index contributed by atoms with van der Waals surface area (Å²) in [6, 6.07) is 0.847. The van der Waals surface area contributed by atoms with Crippen LogP contribution in [0.4, 0.5) is 0 Å². The highest BCUT2D eigenvalue weighted by Crippen LogP contribution is 2.24. The molecule has 2 N–H and O–H groups in total. The highest BCUT2D eigenvalue weighted by molar-refractivity contribution is 5.78. The second kappa shape index (κ2) is 7.38. The Balaban J connectivity index is 2.52. The van der Waals surface area contributed by atoms with E-state index in [1.165, 1.54) is 0 Å². The van der Waals surface area contributed by atoms with Gasteiger partial charge in [-0.05, 0) is 53.8 Å². The number of carbonyl (C=O) groups is 1. The summed E-state index contributed by atoms with van der Waals surface area (Å²) in [5, 5.41) is 12.8. The minimum atomic E-state index is -0.799. The van der Waals surface area contributed by atoms with E-state index >= 15 is 0 Å². The second-order valence-electron chi connectivity index (χ2n) is 6.55. The third-order valence-electron chi connectivity index (χ3n) is 4.13. The van der Waals surface area contributed by atoms with E-state index in [4.69, 9.17) is 0 Å². The van der Waals surface area contributed by atoms with Crippen molar-refractivity contribution in [3.63, 3.8) is 0 Å². The Hall–Kier alpha value is -0.650. The Labute approximate surface area is 123 Å². The fourth-order valence-corrected chi connectivity index (χ4v) is 2.62. The molecule has 0 spiro atoms. The quantitative estimate of drug-likeness (QED) is 0.632. The van der Waals surface area contributed by atoms with Crippen molar-refractivity contribution >= 4 is 5.97 Å². The molecule has 5 heteroatoms. The monoisotopic (exact) mass is 285 g/mol. The molecule has 0 radical (unpaired) electrons. The van der Waals surface area contributed by atoms with Gasteiger partial charge in [0.25, 0.3) is 0 Å². The van der Waals surface area contributed by atoms with Crippen LogP contribution in [-0.4, -0.2) is 72.2 Å². The van der Waals surface area contributed by atoms with Crippen LogP contribution in [0.1, 0.15) is 40.0 Å². The highest BCUT2D eigenvalue weighted by atomic mass is 16.4. The summed E-state index contributed by atoms with van der Waals surface area (Å²) in [5.74, 6) is -0.735. The van der Waals surface area contributed by atoms with Crippen LogP contribution in [0.2, 0.25) is 0 Å². The first-order valence-corrected chi connectivity index (χ1v) is 7.68. The van der Waals surface area contributed by atoms with Gasteiger partial charge < -0.3 is 10.0 Å². The van der Waals surface area contributed by atoms with E-state index < -0.39 is 11.5 Å². The molecule has 0 bridgehead atoms. The Kier molecular flexibility index (Phi) is 6.43. The number of aliphatic carboxylic acids is 1. The van der Waals surface area contributed by atoms with E-state index in [0.29, 0.717) is 18.5 Å². The normalized spacial score (nSPS) is 20.1. The molecule has 0 aromatic heterocycles. The fourth-order valence-electron chi connectivity index (χ4n) is 2.62. The summed E-state index contributed by atoms with van der Waals surface area (Å²) >= 11 is 0. The molecule has 1 aliphatic rings. The highest BCUT2D eigenvalue weighted by Gasteiger charge is 2.38. The van der Waals surface area contributed by atoms with E-state index in [1.54, 1.807) is 0 Å². The molecular formula is C15H31N3O2. The number of nitrogens with one attached hydrogen (secondary N) is 1. The lowest BCUT2D eigenvalue weighted by Crippen LogP contribution is -2.53. The Bertz CT molecular complexity index is 318. The van der Waals surface area contributed by atoms with Crippen LogP contribution in [0.25, 0.3) is 0 Å². The molecule has 1 aliphatic carbocycles. The van der Waals surface area contributed by atoms with Crippen LogP contribution in [0, 0.1) is 0 Å². The van der Waals surface area contributed by atoms with Crippen molar-refractivity contribution in [2.24, 2.45) is 0 Å². The van der Waals surface area contributed by atoms with Gasteiger partial charge in [-0.1, -0.05) is 6.92 Å². The predicted molar refractivity (Wildman–Crippen MR) is 82.1 cm³/mol. The van der Waals surface area contributed by atoms with Gasteiger partial charge in [0.2, 0.25) is 0 Å². The summed E-state index contributed by atoms with van der Waals surface area (Å²) in [7, 11) is 4.14. The van der Waals surface area contributed by atoms with E-state index in [9.17, 15) is 9.90 Å². The topological polar surface area (TPSA) is 55.8 Å². The lowest BCUT2D eigenvalue weighted by Gasteiger charge is -2.34. The zero-order chi connectivity index (χ0) is 15.3. The van der Waals surface area contributed by atoms with Crippen molar-refractivity contribution in [1.29, 1.82) is 0 Å². The Morgan fingerprint density at radius 3 is 2.45 bits per heavy atom. The number of hydrogen-bond donors (Lipinski definition) is 2. The lowest BCUT2D eigenvalue weighted by molar-refractivity contribution is -0.144. The smallest absolute Gasteiger partial charge is 0.323 e. The maximum absolute atomic E-state index is 11.5. The lowest BCUT2D eigenvalue weighted by atomic mass is 9.97. The van der Waals surface area contributed by atoms with E-state index in [1.807, 2.05) is 6.92 Å².